The summed E-state index contributed by atoms with van der Waals surface area (Å²) in [6.45, 7) is 5.79. The molecule has 1 aromatic heterocycles. The lowest BCUT2D eigenvalue weighted by atomic mass is 10.00. The second kappa shape index (κ2) is 9.55. The lowest BCUT2D eigenvalue weighted by molar-refractivity contribution is 0.0841. The van der Waals surface area contributed by atoms with Gasteiger partial charge in [0, 0.05) is 44.5 Å². The van der Waals surface area contributed by atoms with Gasteiger partial charge < -0.3 is 20.5 Å². The van der Waals surface area contributed by atoms with Crippen molar-refractivity contribution in [2.24, 2.45) is 0 Å². The first-order valence-corrected chi connectivity index (χ1v) is 10.6. The molecule has 1 aromatic carbocycles. The molecule has 30 heavy (non-hydrogen) atoms. The average Bonchev–Trinajstić information content (AvgIpc) is 3.26. The summed E-state index contributed by atoms with van der Waals surface area (Å²) in [7, 11) is 0. The van der Waals surface area contributed by atoms with Gasteiger partial charge in [0.2, 0.25) is 0 Å². The first-order chi connectivity index (χ1) is 14.6. The van der Waals surface area contributed by atoms with Crippen molar-refractivity contribution in [1.29, 1.82) is 0 Å². The molecule has 0 spiro atoms. The third kappa shape index (κ3) is 5.16. The molecule has 1 fully saturated rings. The van der Waals surface area contributed by atoms with Gasteiger partial charge in [-0.15, -0.1) is 0 Å². The number of benzene rings is 1. The zero-order valence-corrected chi connectivity index (χ0v) is 17.4. The third-order valence-corrected chi connectivity index (χ3v) is 5.81. The van der Waals surface area contributed by atoms with E-state index in [0.29, 0.717) is 24.5 Å². The number of β-amino-alcohol motifs (C(OH)–C–C–N with tert-alkyl or cyclic N) is 1. The van der Waals surface area contributed by atoms with Crippen LogP contribution in [0.4, 0.5) is 5.82 Å². The minimum atomic E-state index is -0.616. The van der Waals surface area contributed by atoms with Gasteiger partial charge in [0.15, 0.2) is 0 Å². The minimum Gasteiger partial charge on any atom is -0.390 e. The number of aromatic nitrogens is 1. The molecule has 0 radical (unpaired) electrons. The first kappa shape index (κ1) is 20.8. The van der Waals surface area contributed by atoms with Gasteiger partial charge >= 0.3 is 0 Å². The predicted molar refractivity (Wildman–Crippen MR) is 116 cm³/mol. The Bertz CT molecular complexity index is 883. The van der Waals surface area contributed by atoms with Crippen LogP contribution < -0.4 is 10.6 Å². The summed E-state index contributed by atoms with van der Waals surface area (Å²) in [4.78, 5) is 19.3. The van der Waals surface area contributed by atoms with Gasteiger partial charge in [0.05, 0.1) is 18.8 Å². The largest absolute Gasteiger partial charge is 0.390 e. The van der Waals surface area contributed by atoms with Crippen molar-refractivity contribution in [2.75, 3.05) is 38.2 Å². The van der Waals surface area contributed by atoms with E-state index in [9.17, 15) is 9.90 Å². The molecule has 1 amide bonds. The normalized spacial score (nSPS) is 19.9. The van der Waals surface area contributed by atoms with Gasteiger partial charge in [-0.25, -0.2) is 4.98 Å². The number of amides is 1. The highest BCUT2D eigenvalue weighted by Gasteiger charge is 2.20. The number of aliphatic hydroxyl groups is 1. The molecule has 3 heterocycles. The van der Waals surface area contributed by atoms with Crippen molar-refractivity contribution in [3.05, 3.63) is 58.8 Å². The van der Waals surface area contributed by atoms with E-state index in [2.05, 4.69) is 44.8 Å². The van der Waals surface area contributed by atoms with Crippen LogP contribution in [0.25, 0.3) is 0 Å². The molecular weight excluding hydrogens is 380 g/mol. The maximum absolute atomic E-state index is 12.7. The molecule has 7 heteroatoms. The van der Waals surface area contributed by atoms with Crippen molar-refractivity contribution < 1.29 is 14.6 Å². The Labute approximate surface area is 177 Å². The fourth-order valence-corrected chi connectivity index (χ4v) is 4.08. The van der Waals surface area contributed by atoms with E-state index in [-0.39, 0.29) is 18.5 Å². The summed E-state index contributed by atoms with van der Waals surface area (Å²) in [5.41, 5.74) is 4.09. The van der Waals surface area contributed by atoms with Gasteiger partial charge in [-0.2, -0.15) is 0 Å². The van der Waals surface area contributed by atoms with E-state index in [0.717, 1.165) is 38.1 Å². The van der Waals surface area contributed by atoms with Gasteiger partial charge in [0.1, 0.15) is 5.82 Å². The van der Waals surface area contributed by atoms with Crippen molar-refractivity contribution >= 4 is 11.7 Å². The highest BCUT2D eigenvalue weighted by atomic mass is 16.5. The number of ether oxygens (including phenoxy) is 1. The lowest BCUT2D eigenvalue weighted by Crippen LogP contribution is -2.42. The van der Waals surface area contributed by atoms with Crippen LogP contribution >= 0.6 is 0 Å². The highest BCUT2D eigenvalue weighted by molar-refractivity contribution is 5.96. The molecule has 1 saturated heterocycles. The number of carbonyl (C=O) groups is 1. The number of rotatable bonds is 7. The lowest BCUT2D eigenvalue weighted by Gasteiger charge is -2.30. The zero-order valence-electron chi connectivity index (χ0n) is 17.4. The van der Waals surface area contributed by atoms with E-state index < -0.39 is 6.10 Å². The minimum absolute atomic E-state index is 0.191. The smallest absolute Gasteiger partial charge is 0.251 e. The fourth-order valence-electron chi connectivity index (χ4n) is 4.08. The molecule has 2 atom stereocenters. The molecule has 0 saturated carbocycles. The molecule has 160 valence electrons. The summed E-state index contributed by atoms with van der Waals surface area (Å²) in [6.07, 6.45) is 3.02. The second-order valence-corrected chi connectivity index (χ2v) is 8.21. The average molecular weight is 411 g/mol. The van der Waals surface area contributed by atoms with Crippen molar-refractivity contribution in [1.82, 2.24) is 15.2 Å². The molecule has 7 nitrogen and oxygen atoms in total. The van der Waals surface area contributed by atoms with Crippen LogP contribution in [0.15, 0.2) is 36.5 Å². The van der Waals surface area contributed by atoms with Crippen molar-refractivity contribution in [3.8, 4) is 0 Å². The monoisotopic (exact) mass is 410 g/mol. The van der Waals surface area contributed by atoms with E-state index in [1.165, 1.54) is 11.1 Å². The Hall–Kier alpha value is -2.48. The van der Waals surface area contributed by atoms with Crippen LogP contribution in [0.5, 0.6) is 0 Å². The summed E-state index contributed by atoms with van der Waals surface area (Å²) in [5.74, 6) is 0.484. The molecule has 2 aliphatic rings. The summed E-state index contributed by atoms with van der Waals surface area (Å²) in [6, 6.07) is 10.4. The number of carbonyl (C=O) groups excluding carboxylic acids is 1. The standard InChI is InChI=1S/C23H30N4O3/c1-16-11-24-22(26-19-7-9-30-15-19)10-21(16)23(29)25-12-20(28)14-27-8-6-17-4-2-3-5-18(17)13-27/h2-5,10-11,19-20,28H,6-9,12-15H2,1H3,(H,24,26)(H,25,29)/t19-,20-/m0/s1. The van der Waals surface area contributed by atoms with Crippen molar-refractivity contribution in [2.45, 2.75) is 38.5 Å². The van der Waals surface area contributed by atoms with Gasteiger partial charge in [-0.3, -0.25) is 9.69 Å². The molecule has 0 aliphatic carbocycles. The number of nitrogens with one attached hydrogen (secondary N) is 2. The van der Waals surface area contributed by atoms with E-state index >= 15 is 0 Å². The van der Waals surface area contributed by atoms with Crippen molar-refractivity contribution in [3.63, 3.8) is 0 Å². The fraction of sp³-hybridized carbons (Fsp3) is 0.478. The molecule has 0 unspecified atom stereocenters. The third-order valence-electron chi connectivity index (χ3n) is 5.81. The van der Waals surface area contributed by atoms with Gasteiger partial charge in [-0.05, 0) is 42.5 Å². The van der Waals surface area contributed by atoms with E-state index in [1.807, 2.05) is 6.92 Å². The number of fused-ring (bicyclic) bond motifs is 1. The maximum Gasteiger partial charge on any atom is 0.251 e. The Morgan fingerprint density at radius 2 is 2.20 bits per heavy atom. The Morgan fingerprint density at radius 1 is 1.37 bits per heavy atom. The highest BCUT2D eigenvalue weighted by Crippen LogP contribution is 2.19. The molecule has 2 aliphatic heterocycles. The van der Waals surface area contributed by atoms with Crippen LogP contribution in [0.3, 0.4) is 0 Å². The van der Waals surface area contributed by atoms with Gasteiger partial charge in [0.25, 0.3) is 5.91 Å². The maximum atomic E-state index is 12.7. The number of anilines is 1. The molecule has 4 rings (SSSR count). The topological polar surface area (TPSA) is 86.7 Å². The molecular formula is C23H30N4O3. The molecule has 0 bridgehead atoms. The number of nitrogens with zero attached hydrogens (tertiary/aromatic N) is 2. The van der Waals surface area contributed by atoms with E-state index in [4.69, 9.17) is 4.74 Å². The van der Waals surface area contributed by atoms with E-state index in [1.54, 1.807) is 12.3 Å². The molecule has 2 aromatic rings. The second-order valence-electron chi connectivity index (χ2n) is 8.21. The van der Waals surface area contributed by atoms with Gasteiger partial charge in [-0.1, -0.05) is 24.3 Å². The summed E-state index contributed by atoms with van der Waals surface area (Å²) >= 11 is 0. The number of hydrogen-bond acceptors (Lipinski definition) is 6. The van der Waals surface area contributed by atoms with Crippen LogP contribution in [0.1, 0.15) is 33.5 Å². The number of hydrogen-bond donors (Lipinski definition) is 3. The number of aryl methyl sites for hydroxylation is 1. The summed E-state index contributed by atoms with van der Waals surface area (Å²) in [5, 5.41) is 16.7. The zero-order chi connectivity index (χ0) is 20.9. The first-order valence-electron chi connectivity index (χ1n) is 10.6. The summed E-state index contributed by atoms with van der Waals surface area (Å²) < 4.78 is 5.38. The SMILES string of the molecule is Cc1cnc(N[C@H]2CCOC2)cc1C(=O)NC[C@H](O)CN1CCc2ccccc2C1. The number of pyridine rings is 1. The molecule has 3 N–H and O–H groups in total. The van der Waals surface area contributed by atoms with Crippen LogP contribution in [0.2, 0.25) is 0 Å². The van der Waals surface area contributed by atoms with Crippen LogP contribution in [-0.2, 0) is 17.7 Å². The Kier molecular flexibility index (Phi) is 6.62. The Balaban J connectivity index is 1.28. The van der Waals surface area contributed by atoms with Crippen LogP contribution in [-0.4, -0.2) is 65.9 Å². The Morgan fingerprint density at radius 3 is 3.00 bits per heavy atom. The quantitative estimate of drug-likeness (QED) is 0.645. The predicted octanol–water partition coefficient (Wildman–Crippen LogP) is 1.74. The van der Waals surface area contributed by atoms with Crippen LogP contribution in [0, 0.1) is 6.92 Å². The number of aliphatic hydroxyl groups excluding tert-OH is 1.